The molecule has 24 heavy (non-hydrogen) atoms. The van der Waals surface area contributed by atoms with Crippen LogP contribution in [0.5, 0.6) is 0 Å². The topological polar surface area (TPSA) is 64.7 Å². The molecule has 124 valence electrons. The van der Waals surface area contributed by atoms with Crippen LogP contribution in [0.15, 0.2) is 61.2 Å². The van der Waals surface area contributed by atoms with Crippen LogP contribution in [-0.4, -0.2) is 25.5 Å². The van der Waals surface area contributed by atoms with E-state index in [0.29, 0.717) is 6.42 Å². The van der Waals surface area contributed by atoms with Gasteiger partial charge in [-0.1, -0.05) is 18.2 Å². The Bertz CT molecular complexity index is 765. The third-order valence-electron chi connectivity index (χ3n) is 3.88. The molecule has 6 nitrogen and oxygen atoms in total. The number of benzene rings is 1. The number of nitrogens with zero attached hydrogens (tertiary/aromatic N) is 4. The molecule has 1 amide bonds. The highest BCUT2D eigenvalue weighted by molar-refractivity contribution is 5.76. The lowest BCUT2D eigenvalue weighted by atomic mass is 10.1. The summed E-state index contributed by atoms with van der Waals surface area (Å²) in [6.07, 6.45) is 8.54. The van der Waals surface area contributed by atoms with Gasteiger partial charge in [-0.25, -0.2) is 4.68 Å². The van der Waals surface area contributed by atoms with Crippen molar-refractivity contribution in [2.75, 3.05) is 0 Å². The van der Waals surface area contributed by atoms with Gasteiger partial charge in [-0.05, 0) is 37.1 Å². The summed E-state index contributed by atoms with van der Waals surface area (Å²) in [6, 6.07) is 11.7. The number of aromatic nitrogens is 4. The highest BCUT2D eigenvalue weighted by Gasteiger charge is 2.14. The van der Waals surface area contributed by atoms with E-state index in [0.717, 1.165) is 24.2 Å². The zero-order valence-electron chi connectivity index (χ0n) is 13.7. The van der Waals surface area contributed by atoms with Crippen LogP contribution in [0, 0.1) is 0 Å². The molecule has 2 aromatic heterocycles. The average Bonchev–Trinajstić information content (AvgIpc) is 3.28. The van der Waals surface area contributed by atoms with Crippen molar-refractivity contribution >= 4 is 5.91 Å². The van der Waals surface area contributed by atoms with Crippen LogP contribution < -0.4 is 5.32 Å². The van der Waals surface area contributed by atoms with E-state index in [1.165, 1.54) is 0 Å². The van der Waals surface area contributed by atoms with Crippen LogP contribution in [0.2, 0.25) is 0 Å². The standard InChI is InChI=1S/C18H21N5O/c1-15(21-18(24)9-4-12-22-13-5-10-19-22)16-7-2-3-8-17(16)23-14-6-11-20-23/h2-3,5-8,10-11,13-15H,4,9,12H2,1H3,(H,21,24). The lowest BCUT2D eigenvalue weighted by Gasteiger charge is -2.18. The van der Waals surface area contributed by atoms with Crippen LogP contribution in [0.1, 0.15) is 31.4 Å². The van der Waals surface area contributed by atoms with Crippen molar-refractivity contribution in [2.24, 2.45) is 0 Å². The van der Waals surface area contributed by atoms with Gasteiger partial charge in [0, 0.05) is 37.8 Å². The predicted molar refractivity (Wildman–Crippen MR) is 91.6 cm³/mol. The summed E-state index contributed by atoms with van der Waals surface area (Å²) in [5, 5.41) is 11.5. The van der Waals surface area contributed by atoms with Crippen molar-refractivity contribution in [2.45, 2.75) is 32.4 Å². The first-order valence-electron chi connectivity index (χ1n) is 8.10. The van der Waals surface area contributed by atoms with Crippen molar-refractivity contribution < 1.29 is 4.79 Å². The van der Waals surface area contributed by atoms with Crippen molar-refractivity contribution in [3.63, 3.8) is 0 Å². The molecule has 0 saturated heterocycles. The van der Waals surface area contributed by atoms with E-state index >= 15 is 0 Å². The zero-order chi connectivity index (χ0) is 16.8. The van der Waals surface area contributed by atoms with Gasteiger partial charge in [-0.15, -0.1) is 0 Å². The lowest BCUT2D eigenvalue weighted by Crippen LogP contribution is -2.27. The molecule has 1 unspecified atom stereocenters. The maximum Gasteiger partial charge on any atom is 0.220 e. The minimum atomic E-state index is -0.0809. The van der Waals surface area contributed by atoms with Gasteiger partial charge in [0.05, 0.1) is 11.7 Å². The molecule has 0 radical (unpaired) electrons. The van der Waals surface area contributed by atoms with Gasteiger partial charge in [0.15, 0.2) is 0 Å². The molecule has 0 aliphatic carbocycles. The summed E-state index contributed by atoms with van der Waals surface area (Å²) in [4.78, 5) is 12.2. The SMILES string of the molecule is CC(NC(=O)CCCn1cccn1)c1ccccc1-n1cccn1. The summed E-state index contributed by atoms with van der Waals surface area (Å²) in [6.45, 7) is 2.74. The molecule has 0 fully saturated rings. The van der Waals surface area contributed by atoms with Crippen molar-refractivity contribution in [1.29, 1.82) is 0 Å². The van der Waals surface area contributed by atoms with Gasteiger partial charge < -0.3 is 5.32 Å². The molecule has 3 rings (SSSR count). The Balaban J connectivity index is 1.58. The predicted octanol–water partition coefficient (Wildman–Crippen LogP) is 2.73. The van der Waals surface area contributed by atoms with Crippen LogP contribution in [0.25, 0.3) is 5.69 Å². The number of para-hydroxylation sites is 1. The van der Waals surface area contributed by atoms with Gasteiger partial charge in [-0.2, -0.15) is 10.2 Å². The second-order valence-corrected chi connectivity index (χ2v) is 5.67. The molecule has 0 aliphatic rings. The number of nitrogens with one attached hydrogen (secondary N) is 1. The molecule has 0 spiro atoms. The quantitative estimate of drug-likeness (QED) is 0.727. The molecule has 0 saturated carbocycles. The smallest absolute Gasteiger partial charge is 0.220 e. The fourth-order valence-corrected chi connectivity index (χ4v) is 2.70. The van der Waals surface area contributed by atoms with Crippen molar-refractivity contribution in [3.05, 3.63) is 66.7 Å². The van der Waals surface area contributed by atoms with Gasteiger partial charge in [0.25, 0.3) is 0 Å². The summed E-state index contributed by atoms with van der Waals surface area (Å²) < 4.78 is 3.65. The van der Waals surface area contributed by atoms with E-state index in [1.807, 2.05) is 65.1 Å². The molecule has 1 atom stereocenters. The molecule has 2 heterocycles. The molecule has 1 aromatic carbocycles. The van der Waals surface area contributed by atoms with E-state index < -0.39 is 0 Å². The molecule has 0 aliphatic heterocycles. The number of hydrogen-bond acceptors (Lipinski definition) is 3. The molecular weight excluding hydrogens is 302 g/mol. The third kappa shape index (κ3) is 3.90. The Labute approximate surface area is 141 Å². The first-order chi connectivity index (χ1) is 11.7. The van der Waals surface area contributed by atoms with Crippen LogP contribution in [0.3, 0.4) is 0 Å². The normalized spacial score (nSPS) is 12.0. The minimum Gasteiger partial charge on any atom is -0.350 e. The Morgan fingerprint density at radius 2 is 1.92 bits per heavy atom. The van der Waals surface area contributed by atoms with Crippen LogP contribution in [-0.2, 0) is 11.3 Å². The highest BCUT2D eigenvalue weighted by Crippen LogP contribution is 2.21. The summed E-state index contributed by atoms with van der Waals surface area (Å²) in [7, 11) is 0. The molecule has 6 heteroatoms. The van der Waals surface area contributed by atoms with E-state index in [-0.39, 0.29) is 11.9 Å². The Kier molecular flexibility index (Phi) is 5.05. The third-order valence-corrected chi connectivity index (χ3v) is 3.88. The van der Waals surface area contributed by atoms with Gasteiger partial charge >= 0.3 is 0 Å². The van der Waals surface area contributed by atoms with Gasteiger partial charge in [-0.3, -0.25) is 9.48 Å². The lowest BCUT2D eigenvalue weighted by molar-refractivity contribution is -0.121. The monoisotopic (exact) mass is 323 g/mol. The van der Waals surface area contributed by atoms with E-state index in [2.05, 4.69) is 15.5 Å². The highest BCUT2D eigenvalue weighted by atomic mass is 16.1. The second kappa shape index (κ2) is 7.59. The molecule has 1 N–H and O–H groups in total. The molecular formula is C18H21N5O. The molecule has 0 bridgehead atoms. The number of carbonyl (C=O) groups is 1. The summed E-state index contributed by atoms with van der Waals surface area (Å²) in [5.41, 5.74) is 2.02. The number of hydrogen-bond donors (Lipinski definition) is 1. The van der Waals surface area contributed by atoms with Crippen molar-refractivity contribution in [1.82, 2.24) is 24.9 Å². The fraction of sp³-hybridized carbons (Fsp3) is 0.278. The minimum absolute atomic E-state index is 0.0462. The fourth-order valence-electron chi connectivity index (χ4n) is 2.70. The maximum absolute atomic E-state index is 12.2. The average molecular weight is 323 g/mol. The zero-order valence-corrected chi connectivity index (χ0v) is 13.7. The van der Waals surface area contributed by atoms with Crippen LogP contribution >= 0.6 is 0 Å². The Morgan fingerprint density at radius 1 is 1.12 bits per heavy atom. The van der Waals surface area contributed by atoms with Crippen molar-refractivity contribution in [3.8, 4) is 5.69 Å². The number of carbonyl (C=O) groups excluding carboxylic acids is 1. The first kappa shape index (κ1) is 16.0. The Hall–Kier alpha value is -2.89. The van der Waals surface area contributed by atoms with E-state index in [1.54, 1.807) is 12.4 Å². The van der Waals surface area contributed by atoms with Gasteiger partial charge in [0.1, 0.15) is 0 Å². The summed E-state index contributed by atoms with van der Waals surface area (Å²) in [5.74, 6) is 0.0462. The van der Waals surface area contributed by atoms with E-state index in [9.17, 15) is 4.79 Å². The van der Waals surface area contributed by atoms with E-state index in [4.69, 9.17) is 0 Å². The first-order valence-corrected chi connectivity index (χ1v) is 8.10. The number of aryl methyl sites for hydroxylation is 1. The molecule has 3 aromatic rings. The van der Waals surface area contributed by atoms with Crippen LogP contribution in [0.4, 0.5) is 0 Å². The maximum atomic E-state index is 12.2. The number of rotatable bonds is 7. The second-order valence-electron chi connectivity index (χ2n) is 5.67. The van der Waals surface area contributed by atoms with Gasteiger partial charge in [0.2, 0.25) is 5.91 Å². The summed E-state index contributed by atoms with van der Waals surface area (Å²) >= 11 is 0. The Morgan fingerprint density at radius 3 is 2.67 bits per heavy atom. The largest absolute Gasteiger partial charge is 0.350 e. The number of amides is 1.